The van der Waals surface area contributed by atoms with Crippen molar-refractivity contribution in [1.29, 1.82) is 0 Å². The molecule has 10 heteroatoms. The fourth-order valence-electron chi connectivity index (χ4n) is 2.80. The van der Waals surface area contributed by atoms with Gasteiger partial charge in [-0.1, -0.05) is 41.7 Å². The minimum absolute atomic E-state index is 0.0319. The topological polar surface area (TPSA) is 104 Å². The van der Waals surface area contributed by atoms with E-state index in [-0.39, 0.29) is 16.6 Å². The summed E-state index contributed by atoms with van der Waals surface area (Å²) in [6.07, 6.45) is 0. The number of thioether (sulfide) groups is 1. The third-order valence-corrected chi connectivity index (χ3v) is 7.14. The van der Waals surface area contributed by atoms with Crippen LogP contribution in [0.25, 0.3) is 10.2 Å². The van der Waals surface area contributed by atoms with Crippen molar-refractivity contribution in [3.63, 3.8) is 0 Å². The van der Waals surface area contributed by atoms with Crippen molar-refractivity contribution in [1.82, 2.24) is 4.57 Å². The van der Waals surface area contributed by atoms with Gasteiger partial charge in [0.05, 0.1) is 27.5 Å². The molecule has 2 aromatic carbocycles. The summed E-state index contributed by atoms with van der Waals surface area (Å²) in [5.74, 6) is 0.757. The largest absolute Gasteiger partial charge is 0.380 e. The molecular formula is C20H23N3O4S3. The van der Waals surface area contributed by atoms with Gasteiger partial charge in [-0.25, -0.2) is 13.6 Å². The molecule has 1 amide bonds. The first-order valence-electron chi connectivity index (χ1n) is 9.31. The van der Waals surface area contributed by atoms with Crippen LogP contribution in [-0.4, -0.2) is 37.9 Å². The molecule has 0 aliphatic carbocycles. The third kappa shape index (κ3) is 6.02. The highest BCUT2D eigenvalue weighted by Crippen LogP contribution is 2.21. The SMILES string of the molecule is CCOCCn1c(=NC(=O)CSCc2ccccc2)sc2cc(S(N)(=O)=O)ccc21. The molecule has 0 unspecified atom stereocenters. The summed E-state index contributed by atoms with van der Waals surface area (Å²) in [7, 11) is -3.81. The van der Waals surface area contributed by atoms with Crippen LogP contribution in [0, 0.1) is 0 Å². The number of primary sulfonamides is 1. The van der Waals surface area contributed by atoms with Crippen molar-refractivity contribution in [3.8, 4) is 0 Å². The number of benzene rings is 2. The first-order chi connectivity index (χ1) is 14.4. The lowest BCUT2D eigenvalue weighted by atomic mass is 10.2. The molecule has 160 valence electrons. The van der Waals surface area contributed by atoms with Crippen LogP contribution in [0.1, 0.15) is 12.5 Å². The Kier molecular flexibility index (Phi) is 7.84. The number of ether oxygens (including phenoxy) is 1. The molecule has 0 bridgehead atoms. The van der Waals surface area contributed by atoms with Gasteiger partial charge in [-0.15, -0.1) is 11.8 Å². The van der Waals surface area contributed by atoms with Gasteiger partial charge in [0.25, 0.3) is 5.91 Å². The molecule has 0 fully saturated rings. The predicted octanol–water partition coefficient (Wildman–Crippen LogP) is 2.75. The number of hydrogen-bond acceptors (Lipinski definition) is 6. The Morgan fingerprint density at radius 2 is 2.00 bits per heavy atom. The standard InChI is InChI=1S/C20H23N3O4S3/c1-2-27-11-10-23-17-9-8-16(30(21,25)26)12-18(17)29-20(23)22-19(24)14-28-13-15-6-4-3-5-7-15/h3-9,12H,2,10-11,13-14H2,1H3,(H2,21,25,26). The van der Waals surface area contributed by atoms with Crippen LogP contribution < -0.4 is 9.94 Å². The van der Waals surface area contributed by atoms with Crippen molar-refractivity contribution in [2.75, 3.05) is 19.0 Å². The molecule has 2 N–H and O–H groups in total. The van der Waals surface area contributed by atoms with Gasteiger partial charge in [-0.05, 0) is 30.7 Å². The number of carbonyl (C=O) groups excluding carboxylic acids is 1. The Bertz CT molecular complexity index is 1180. The number of sulfonamides is 1. The second-order valence-electron chi connectivity index (χ2n) is 6.39. The monoisotopic (exact) mass is 465 g/mol. The number of carbonyl (C=O) groups is 1. The highest BCUT2D eigenvalue weighted by atomic mass is 32.2. The van der Waals surface area contributed by atoms with Crippen LogP contribution in [0.4, 0.5) is 0 Å². The molecule has 1 aromatic heterocycles. The van der Waals surface area contributed by atoms with Gasteiger partial charge in [0, 0.05) is 18.9 Å². The number of aromatic nitrogens is 1. The van der Waals surface area contributed by atoms with Crippen LogP contribution in [0.3, 0.4) is 0 Å². The molecule has 30 heavy (non-hydrogen) atoms. The van der Waals surface area contributed by atoms with Gasteiger partial charge in [-0.3, -0.25) is 4.79 Å². The van der Waals surface area contributed by atoms with Crippen LogP contribution in [0.5, 0.6) is 0 Å². The summed E-state index contributed by atoms with van der Waals surface area (Å²) < 4.78 is 31.4. The van der Waals surface area contributed by atoms with E-state index in [0.717, 1.165) is 16.8 Å². The van der Waals surface area contributed by atoms with Gasteiger partial charge in [-0.2, -0.15) is 4.99 Å². The zero-order valence-electron chi connectivity index (χ0n) is 16.5. The van der Waals surface area contributed by atoms with E-state index in [9.17, 15) is 13.2 Å². The summed E-state index contributed by atoms with van der Waals surface area (Å²) in [5, 5.41) is 5.24. The summed E-state index contributed by atoms with van der Waals surface area (Å²) in [4.78, 5) is 17.3. The van der Waals surface area contributed by atoms with Crippen LogP contribution in [0.2, 0.25) is 0 Å². The van der Waals surface area contributed by atoms with E-state index in [4.69, 9.17) is 9.88 Å². The maximum absolute atomic E-state index is 12.4. The molecule has 0 saturated heterocycles. The van der Waals surface area contributed by atoms with Crippen molar-refractivity contribution in [2.45, 2.75) is 24.1 Å². The summed E-state index contributed by atoms with van der Waals surface area (Å²) in [6, 6.07) is 14.6. The first kappa shape index (κ1) is 22.7. The van der Waals surface area contributed by atoms with Gasteiger partial charge in [0.2, 0.25) is 10.0 Å². The van der Waals surface area contributed by atoms with Gasteiger partial charge in [0.1, 0.15) is 0 Å². The lowest BCUT2D eigenvalue weighted by Crippen LogP contribution is -2.20. The Morgan fingerprint density at radius 1 is 1.23 bits per heavy atom. The zero-order chi connectivity index (χ0) is 21.6. The Hall–Kier alpha value is -1.98. The van der Waals surface area contributed by atoms with Crippen molar-refractivity contribution in [2.24, 2.45) is 10.1 Å². The summed E-state index contributed by atoms with van der Waals surface area (Å²) >= 11 is 2.77. The normalized spacial score (nSPS) is 12.5. The number of nitrogens with zero attached hydrogens (tertiary/aromatic N) is 2. The summed E-state index contributed by atoms with van der Waals surface area (Å²) in [5.41, 5.74) is 1.94. The van der Waals surface area contributed by atoms with E-state index in [1.807, 2.05) is 41.8 Å². The number of fused-ring (bicyclic) bond motifs is 1. The quantitative estimate of drug-likeness (QED) is 0.490. The smallest absolute Gasteiger partial charge is 0.258 e. The molecule has 0 radical (unpaired) electrons. The lowest BCUT2D eigenvalue weighted by molar-refractivity contribution is -0.115. The van der Waals surface area contributed by atoms with E-state index in [1.54, 1.807) is 6.07 Å². The molecular weight excluding hydrogens is 442 g/mol. The van der Waals surface area contributed by atoms with E-state index in [2.05, 4.69) is 4.99 Å². The second-order valence-corrected chi connectivity index (χ2v) is 9.95. The van der Waals surface area contributed by atoms with E-state index in [0.29, 0.717) is 29.3 Å². The molecule has 0 atom stereocenters. The fraction of sp³-hybridized carbons (Fsp3) is 0.300. The zero-order valence-corrected chi connectivity index (χ0v) is 18.9. The second kappa shape index (κ2) is 10.4. The highest BCUT2D eigenvalue weighted by Gasteiger charge is 2.13. The van der Waals surface area contributed by atoms with Crippen LogP contribution in [-0.2, 0) is 31.9 Å². The number of amides is 1. The van der Waals surface area contributed by atoms with E-state index >= 15 is 0 Å². The minimum atomic E-state index is -3.81. The Morgan fingerprint density at radius 3 is 2.70 bits per heavy atom. The summed E-state index contributed by atoms with van der Waals surface area (Å²) in [6.45, 7) is 3.46. The van der Waals surface area contributed by atoms with Gasteiger partial charge >= 0.3 is 0 Å². The van der Waals surface area contributed by atoms with Crippen molar-refractivity contribution < 1.29 is 17.9 Å². The molecule has 0 spiro atoms. The van der Waals surface area contributed by atoms with Crippen molar-refractivity contribution in [3.05, 3.63) is 58.9 Å². The number of rotatable bonds is 9. The van der Waals surface area contributed by atoms with Crippen LogP contribution >= 0.6 is 23.1 Å². The number of nitrogens with two attached hydrogens (primary N) is 1. The highest BCUT2D eigenvalue weighted by molar-refractivity contribution is 7.99. The maximum Gasteiger partial charge on any atom is 0.258 e. The average Bonchev–Trinajstić information content (AvgIpc) is 3.04. The Balaban J connectivity index is 1.85. The van der Waals surface area contributed by atoms with Crippen LogP contribution in [0.15, 0.2) is 58.4 Å². The number of hydrogen-bond donors (Lipinski definition) is 1. The molecule has 3 rings (SSSR count). The predicted molar refractivity (Wildman–Crippen MR) is 121 cm³/mol. The molecule has 0 saturated carbocycles. The lowest BCUT2D eigenvalue weighted by Gasteiger charge is -2.06. The van der Waals surface area contributed by atoms with E-state index in [1.165, 1.54) is 35.2 Å². The van der Waals surface area contributed by atoms with E-state index < -0.39 is 10.0 Å². The number of thiazole rings is 1. The molecule has 0 aliphatic heterocycles. The molecule has 0 aliphatic rings. The molecule has 1 heterocycles. The Labute approximate surface area is 183 Å². The fourth-order valence-corrected chi connectivity index (χ4v) is 5.30. The average molecular weight is 466 g/mol. The van der Waals surface area contributed by atoms with Crippen molar-refractivity contribution >= 4 is 49.2 Å². The third-order valence-electron chi connectivity index (χ3n) is 4.20. The first-order valence-corrected chi connectivity index (χ1v) is 12.8. The van der Waals surface area contributed by atoms with Gasteiger partial charge in [0.15, 0.2) is 4.80 Å². The molecule has 3 aromatic rings. The minimum Gasteiger partial charge on any atom is -0.380 e. The maximum atomic E-state index is 12.4. The molecule has 7 nitrogen and oxygen atoms in total. The van der Waals surface area contributed by atoms with Gasteiger partial charge < -0.3 is 9.30 Å².